The monoisotopic (exact) mass is 285 g/mol. The van der Waals surface area contributed by atoms with Crippen LogP contribution in [0.15, 0.2) is 40.9 Å². The summed E-state index contributed by atoms with van der Waals surface area (Å²) in [5.41, 5.74) is 4.69. The third-order valence-electron chi connectivity index (χ3n) is 3.34. The smallest absolute Gasteiger partial charge is 0.0723 e. The standard InChI is InChI=1S/C15H12BrN/c1-9-10(2)13(16)8-15-12(9)7-11-5-3-4-6-14(11)17-15/h3-8H,1-2H3. The number of aromatic nitrogens is 1. The largest absolute Gasteiger partial charge is 0.248 e. The third-order valence-corrected chi connectivity index (χ3v) is 4.17. The summed E-state index contributed by atoms with van der Waals surface area (Å²) in [6.07, 6.45) is 0. The molecule has 0 unspecified atom stereocenters. The fraction of sp³-hybridized carbons (Fsp3) is 0.133. The van der Waals surface area contributed by atoms with Gasteiger partial charge in [-0.2, -0.15) is 0 Å². The van der Waals surface area contributed by atoms with Crippen LogP contribution in [0.2, 0.25) is 0 Å². The van der Waals surface area contributed by atoms with Crippen molar-refractivity contribution < 1.29 is 0 Å². The Labute approximate surface area is 109 Å². The second-order valence-electron chi connectivity index (χ2n) is 4.36. The van der Waals surface area contributed by atoms with Crippen molar-refractivity contribution in [2.24, 2.45) is 0 Å². The van der Waals surface area contributed by atoms with E-state index in [1.807, 2.05) is 6.07 Å². The van der Waals surface area contributed by atoms with Gasteiger partial charge in [-0.25, -0.2) is 4.98 Å². The average Bonchev–Trinajstić information content (AvgIpc) is 2.34. The van der Waals surface area contributed by atoms with Crippen molar-refractivity contribution in [2.75, 3.05) is 0 Å². The minimum atomic E-state index is 1.05. The Balaban J connectivity index is 2.52. The summed E-state index contributed by atoms with van der Waals surface area (Å²) in [6, 6.07) is 12.6. The summed E-state index contributed by atoms with van der Waals surface area (Å²) in [6.45, 7) is 4.28. The van der Waals surface area contributed by atoms with E-state index >= 15 is 0 Å². The molecule has 3 rings (SSSR count). The number of fused-ring (bicyclic) bond motifs is 2. The molecule has 17 heavy (non-hydrogen) atoms. The van der Waals surface area contributed by atoms with Crippen LogP contribution in [0.25, 0.3) is 21.8 Å². The van der Waals surface area contributed by atoms with Crippen molar-refractivity contribution in [3.05, 3.63) is 52.0 Å². The van der Waals surface area contributed by atoms with Crippen LogP contribution >= 0.6 is 15.9 Å². The molecule has 2 aromatic carbocycles. The Morgan fingerprint density at radius 1 is 0.941 bits per heavy atom. The van der Waals surface area contributed by atoms with Crippen LogP contribution in [-0.2, 0) is 0 Å². The molecule has 0 fully saturated rings. The molecule has 0 atom stereocenters. The highest BCUT2D eigenvalue weighted by molar-refractivity contribution is 9.10. The maximum atomic E-state index is 4.71. The molecule has 0 radical (unpaired) electrons. The fourth-order valence-corrected chi connectivity index (χ4v) is 2.66. The summed E-state index contributed by atoms with van der Waals surface area (Å²) in [5, 5.41) is 2.44. The molecule has 0 N–H and O–H groups in total. The number of pyridine rings is 1. The van der Waals surface area contributed by atoms with Crippen molar-refractivity contribution >= 4 is 37.7 Å². The van der Waals surface area contributed by atoms with Gasteiger partial charge in [0.1, 0.15) is 0 Å². The van der Waals surface area contributed by atoms with Crippen LogP contribution in [0.5, 0.6) is 0 Å². The Bertz CT molecular complexity index is 732. The van der Waals surface area contributed by atoms with Gasteiger partial charge in [0.2, 0.25) is 0 Å². The van der Waals surface area contributed by atoms with Gasteiger partial charge < -0.3 is 0 Å². The summed E-state index contributed by atoms with van der Waals surface area (Å²) >= 11 is 3.59. The second-order valence-corrected chi connectivity index (χ2v) is 5.21. The predicted octanol–water partition coefficient (Wildman–Crippen LogP) is 4.77. The van der Waals surface area contributed by atoms with E-state index in [9.17, 15) is 0 Å². The lowest BCUT2D eigenvalue weighted by Crippen LogP contribution is -1.89. The number of aryl methyl sites for hydroxylation is 1. The molecule has 0 spiro atoms. The van der Waals surface area contributed by atoms with Crippen LogP contribution in [0.4, 0.5) is 0 Å². The van der Waals surface area contributed by atoms with Gasteiger partial charge in [0, 0.05) is 15.2 Å². The molecule has 0 aliphatic heterocycles. The first kappa shape index (κ1) is 10.7. The van der Waals surface area contributed by atoms with Crippen molar-refractivity contribution in [3.8, 4) is 0 Å². The zero-order chi connectivity index (χ0) is 12.0. The zero-order valence-corrected chi connectivity index (χ0v) is 11.4. The molecule has 0 bridgehead atoms. The van der Waals surface area contributed by atoms with E-state index in [2.05, 4.69) is 60.1 Å². The van der Waals surface area contributed by atoms with Gasteiger partial charge in [-0.3, -0.25) is 0 Å². The van der Waals surface area contributed by atoms with Gasteiger partial charge in [0.15, 0.2) is 0 Å². The number of hydrogen-bond donors (Lipinski definition) is 0. The van der Waals surface area contributed by atoms with Crippen LogP contribution in [0, 0.1) is 13.8 Å². The van der Waals surface area contributed by atoms with Gasteiger partial charge in [-0.15, -0.1) is 0 Å². The molecule has 1 heterocycles. The first-order chi connectivity index (χ1) is 8.16. The zero-order valence-electron chi connectivity index (χ0n) is 9.79. The van der Waals surface area contributed by atoms with Gasteiger partial charge >= 0.3 is 0 Å². The predicted molar refractivity (Wildman–Crippen MR) is 76.4 cm³/mol. The number of nitrogens with zero attached hydrogens (tertiary/aromatic N) is 1. The molecule has 2 heteroatoms. The van der Waals surface area contributed by atoms with E-state index in [1.165, 1.54) is 21.9 Å². The Morgan fingerprint density at radius 3 is 2.53 bits per heavy atom. The Hall–Kier alpha value is -1.41. The highest BCUT2D eigenvalue weighted by Crippen LogP contribution is 2.29. The molecule has 84 valence electrons. The summed E-state index contributed by atoms with van der Waals surface area (Å²) in [4.78, 5) is 4.71. The average molecular weight is 286 g/mol. The van der Waals surface area contributed by atoms with E-state index in [0.29, 0.717) is 0 Å². The topological polar surface area (TPSA) is 12.9 Å². The summed E-state index contributed by atoms with van der Waals surface area (Å²) in [7, 11) is 0. The lowest BCUT2D eigenvalue weighted by atomic mass is 10.0. The number of halogens is 1. The van der Waals surface area contributed by atoms with Crippen molar-refractivity contribution in [3.63, 3.8) is 0 Å². The number of para-hydroxylation sites is 1. The molecule has 0 aliphatic carbocycles. The van der Waals surface area contributed by atoms with Gasteiger partial charge in [-0.05, 0) is 43.2 Å². The minimum absolute atomic E-state index is 1.05. The molecule has 0 saturated carbocycles. The quantitative estimate of drug-likeness (QED) is 0.542. The fourth-order valence-electron chi connectivity index (χ4n) is 2.15. The normalized spacial score (nSPS) is 11.2. The first-order valence-corrected chi connectivity index (χ1v) is 6.41. The van der Waals surface area contributed by atoms with E-state index < -0.39 is 0 Å². The van der Waals surface area contributed by atoms with E-state index in [0.717, 1.165) is 15.5 Å². The highest BCUT2D eigenvalue weighted by Gasteiger charge is 2.07. The molecule has 1 aromatic heterocycles. The molecular weight excluding hydrogens is 274 g/mol. The van der Waals surface area contributed by atoms with Crippen LogP contribution in [-0.4, -0.2) is 4.98 Å². The lowest BCUT2D eigenvalue weighted by molar-refractivity contribution is 1.34. The van der Waals surface area contributed by atoms with Crippen LogP contribution in [0.1, 0.15) is 11.1 Å². The first-order valence-electron chi connectivity index (χ1n) is 5.62. The summed E-state index contributed by atoms with van der Waals surface area (Å²) < 4.78 is 1.13. The SMILES string of the molecule is Cc1c(Br)cc2nc3ccccc3cc2c1C. The molecule has 3 aromatic rings. The maximum Gasteiger partial charge on any atom is 0.0723 e. The number of rotatable bonds is 0. The minimum Gasteiger partial charge on any atom is -0.248 e. The summed E-state index contributed by atoms with van der Waals surface area (Å²) in [5.74, 6) is 0. The van der Waals surface area contributed by atoms with Crippen LogP contribution < -0.4 is 0 Å². The van der Waals surface area contributed by atoms with Crippen molar-refractivity contribution in [1.29, 1.82) is 0 Å². The van der Waals surface area contributed by atoms with Gasteiger partial charge in [-0.1, -0.05) is 34.1 Å². The van der Waals surface area contributed by atoms with Crippen molar-refractivity contribution in [2.45, 2.75) is 13.8 Å². The van der Waals surface area contributed by atoms with Crippen LogP contribution in [0.3, 0.4) is 0 Å². The Kier molecular flexibility index (Phi) is 2.40. The molecule has 1 nitrogen and oxygen atoms in total. The Morgan fingerprint density at radius 2 is 1.71 bits per heavy atom. The molecular formula is C15H12BrN. The van der Waals surface area contributed by atoms with E-state index in [4.69, 9.17) is 4.98 Å². The lowest BCUT2D eigenvalue weighted by Gasteiger charge is -2.09. The second kappa shape index (κ2) is 3.81. The van der Waals surface area contributed by atoms with Gasteiger partial charge in [0.25, 0.3) is 0 Å². The highest BCUT2D eigenvalue weighted by atomic mass is 79.9. The van der Waals surface area contributed by atoms with Gasteiger partial charge in [0.05, 0.1) is 11.0 Å². The van der Waals surface area contributed by atoms with E-state index in [1.54, 1.807) is 0 Å². The molecule has 0 amide bonds. The molecule has 0 aliphatic rings. The molecule has 0 saturated heterocycles. The number of benzene rings is 2. The third kappa shape index (κ3) is 1.64. The van der Waals surface area contributed by atoms with Crippen molar-refractivity contribution in [1.82, 2.24) is 4.98 Å². The van der Waals surface area contributed by atoms with E-state index in [-0.39, 0.29) is 0 Å². The maximum absolute atomic E-state index is 4.71. The number of hydrogen-bond acceptors (Lipinski definition) is 1.